The zero-order valence-corrected chi connectivity index (χ0v) is 8.58. The highest BCUT2D eigenvalue weighted by Crippen LogP contribution is 2.25. The lowest BCUT2D eigenvalue weighted by Gasteiger charge is -2.08. The summed E-state index contributed by atoms with van der Waals surface area (Å²) >= 11 is 5.60. The van der Waals surface area contributed by atoms with Crippen LogP contribution in [0.25, 0.3) is 0 Å². The predicted molar refractivity (Wildman–Crippen MR) is 54.7 cm³/mol. The van der Waals surface area contributed by atoms with Crippen LogP contribution in [0.15, 0.2) is 12.3 Å². The molecule has 0 radical (unpaired) electrons. The van der Waals surface area contributed by atoms with Crippen molar-refractivity contribution in [2.75, 3.05) is 5.32 Å². The molecule has 0 aliphatic carbocycles. The lowest BCUT2D eigenvalue weighted by atomic mass is 10.3. The molecule has 76 valence electrons. The van der Waals surface area contributed by atoms with E-state index in [1.807, 2.05) is 13.8 Å². The molecule has 0 bridgehead atoms. The highest BCUT2D eigenvalue weighted by Gasteiger charge is 2.16. The number of halogens is 1. The van der Waals surface area contributed by atoms with Gasteiger partial charge < -0.3 is 5.32 Å². The molecule has 0 spiro atoms. The molecule has 0 atom stereocenters. The molecule has 1 rings (SSSR count). The SMILES string of the molecule is CC(C)Nc1ncc(Cl)cc1[N+](=O)[O-]. The lowest BCUT2D eigenvalue weighted by molar-refractivity contribution is -0.384. The van der Waals surface area contributed by atoms with Gasteiger partial charge in [-0.2, -0.15) is 0 Å². The first-order valence-electron chi connectivity index (χ1n) is 4.07. The van der Waals surface area contributed by atoms with Gasteiger partial charge in [0, 0.05) is 18.3 Å². The van der Waals surface area contributed by atoms with Crippen molar-refractivity contribution in [1.82, 2.24) is 4.98 Å². The van der Waals surface area contributed by atoms with E-state index in [1.165, 1.54) is 12.3 Å². The molecule has 0 aliphatic rings. The summed E-state index contributed by atoms with van der Waals surface area (Å²) in [7, 11) is 0. The van der Waals surface area contributed by atoms with Crippen LogP contribution in [0.4, 0.5) is 11.5 Å². The van der Waals surface area contributed by atoms with Gasteiger partial charge in [-0.15, -0.1) is 0 Å². The van der Waals surface area contributed by atoms with Crippen LogP contribution in [0.1, 0.15) is 13.8 Å². The van der Waals surface area contributed by atoms with Gasteiger partial charge in [-0.05, 0) is 13.8 Å². The van der Waals surface area contributed by atoms with E-state index in [4.69, 9.17) is 11.6 Å². The maximum atomic E-state index is 10.6. The fourth-order valence-electron chi connectivity index (χ4n) is 0.952. The minimum absolute atomic E-state index is 0.0855. The Kier molecular flexibility index (Phi) is 3.24. The van der Waals surface area contributed by atoms with Crippen LogP contribution < -0.4 is 5.32 Å². The molecule has 6 heteroatoms. The highest BCUT2D eigenvalue weighted by atomic mass is 35.5. The van der Waals surface area contributed by atoms with Crippen molar-refractivity contribution in [3.63, 3.8) is 0 Å². The number of nitrogens with zero attached hydrogens (tertiary/aromatic N) is 2. The van der Waals surface area contributed by atoms with E-state index in [-0.39, 0.29) is 22.6 Å². The predicted octanol–water partition coefficient (Wildman–Crippen LogP) is 2.46. The highest BCUT2D eigenvalue weighted by molar-refractivity contribution is 6.30. The van der Waals surface area contributed by atoms with Gasteiger partial charge >= 0.3 is 5.69 Å². The minimum atomic E-state index is -0.510. The summed E-state index contributed by atoms with van der Waals surface area (Å²) < 4.78 is 0. The summed E-state index contributed by atoms with van der Waals surface area (Å²) in [6.45, 7) is 3.75. The number of hydrogen-bond acceptors (Lipinski definition) is 4. The number of nitrogens with one attached hydrogen (secondary N) is 1. The van der Waals surface area contributed by atoms with Crippen molar-refractivity contribution in [2.45, 2.75) is 19.9 Å². The number of hydrogen-bond donors (Lipinski definition) is 1. The Labute approximate surface area is 86.3 Å². The van der Waals surface area contributed by atoms with Crippen molar-refractivity contribution >= 4 is 23.1 Å². The largest absolute Gasteiger partial charge is 0.362 e. The molecule has 1 aromatic rings. The molecule has 1 aromatic heterocycles. The average Bonchev–Trinajstić information content (AvgIpc) is 2.07. The van der Waals surface area contributed by atoms with E-state index in [9.17, 15) is 10.1 Å². The topological polar surface area (TPSA) is 68.1 Å². The van der Waals surface area contributed by atoms with Gasteiger partial charge in [-0.25, -0.2) is 4.98 Å². The Bertz CT molecular complexity index is 354. The molecular weight excluding hydrogens is 206 g/mol. The van der Waals surface area contributed by atoms with Gasteiger partial charge in [0.1, 0.15) is 0 Å². The average molecular weight is 216 g/mol. The molecule has 0 amide bonds. The van der Waals surface area contributed by atoms with Gasteiger partial charge in [-0.1, -0.05) is 11.6 Å². The smallest absolute Gasteiger partial charge is 0.312 e. The zero-order valence-electron chi connectivity index (χ0n) is 7.82. The van der Waals surface area contributed by atoms with E-state index < -0.39 is 4.92 Å². The summed E-state index contributed by atoms with van der Waals surface area (Å²) in [4.78, 5) is 14.0. The van der Waals surface area contributed by atoms with Crippen LogP contribution >= 0.6 is 11.6 Å². The summed E-state index contributed by atoms with van der Waals surface area (Å²) in [5.41, 5.74) is -0.105. The summed E-state index contributed by atoms with van der Waals surface area (Å²) in [5, 5.41) is 13.7. The third-order valence-corrected chi connectivity index (χ3v) is 1.66. The number of anilines is 1. The van der Waals surface area contributed by atoms with Crippen molar-refractivity contribution in [2.24, 2.45) is 0 Å². The van der Waals surface area contributed by atoms with E-state index in [2.05, 4.69) is 10.3 Å². The fourth-order valence-corrected chi connectivity index (χ4v) is 1.10. The third kappa shape index (κ3) is 2.56. The van der Waals surface area contributed by atoms with Crippen LogP contribution in [-0.4, -0.2) is 15.9 Å². The van der Waals surface area contributed by atoms with Crippen LogP contribution in [-0.2, 0) is 0 Å². The first-order chi connectivity index (χ1) is 6.50. The Morgan fingerprint density at radius 3 is 2.79 bits per heavy atom. The van der Waals surface area contributed by atoms with Crippen molar-refractivity contribution in [3.8, 4) is 0 Å². The van der Waals surface area contributed by atoms with Crippen molar-refractivity contribution in [1.29, 1.82) is 0 Å². The maximum Gasteiger partial charge on any atom is 0.312 e. The third-order valence-electron chi connectivity index (χ3n) is 1.46. The minimum Gasteiger partial charge on any atom is -0.362 e. The summed E-state index contributed by atoms with van der Waals surface area (Å²) in [5.74, 6) is 0.245. The molecule has 0 unspecified atom stereocenters. The van der Waals surface area contributed by atoms with Gasteiger partial charge in [0.05, 0.1) is 9.95 Å². The molecule has 14 heavy (non-hydrogen) atoms. The molecule has 0 aliphatic heterocycles. The second kappa shape index (κ2) is 4.23. The number of rotatable bonds is 3. The summed E-state index contributed by atoms with van der Waals surface area (Å²) in [6.07, 6.45) is 1.37. The monoisotopic (exact) mass is 215 g/mol. The Morgan fingerprint density at radius 2 is 2.29 bits per heavy atom. The van der Waals surface area contributed by atoms with Gasteiger partial charge in [0.15, 0.2) is 0 Å². The quantitative estimate of drug-likeness (QED) is 0.621. The van der Waals surface area contributed by atoms with Crippen molar-refractivity contribution < 1.29 is 4.92 Å². The number of aromatic nitrogens is 1. The lowest BCUT2D eigenvalue weighted by Crippen LogP contribution is -2.12. The fraction of sp³-hybridized carbons (Fsp3) is 0.375. The Morgan fingerprint density at radius 1 is 1.64 bits per heavy atom. The molecular formula is C8H10ClN3O2. The van der Waals surface area contributed by atoms with Crippen molar-refractivity contribution in [3.05, 3.63) is 27.4 Å². The second-order valence-corrected chi connectivity index (χ2v) is 3.51. The van der Waals surface area contributed by atoms with Crippen LogP contribution in [0.2, 0.25) is 5.02 Å². The maximum absolute atomic E-state index is 10.6. The van der Waals surface area contributed by atoms with E-state index in [1.54, 1.807) is 0 Å². The molecule has 1 N–H and O–H groups in total. The number of nitro groups is 1. The first kappa shape index (κ1) is 10.7. The zero-order chi connectivity index (χ0) is 10.7. The molecule has 1 heterocycles. The Balaban J connectivity index is 3.08. The molecule has 0 fully saturated rings. The summed E-state index contributed by atoms with van der Waals surface area (Å²) in [6, 6.07) is 1.36. The van der Waals surface area contributed by atoms with Crippen LogP contribution in [0.5, 0.6) is 0 Å². The Hall–Kier alpha value is -1.36. The molecule has 0 saturated heterocycles. The van der Waals surface area contributed by atoms with Gasteiger partial charge in [0.2, 0.25) is 5.82 Å². The van der Waals surface area contributed by atoms with E-state index >= 15 is 0 Å². The van der Waals surface area contributed by atoms with Crippen LogP contribution in [0, 0.1) is 10.1 Å². The molecule has 0 saturated carbocycles. The standard InChI is InChI=1S/C8H10ClN3O2/c1-5(2)11-8-7(12(13)14)3-6(9)4-10-8/h3-5H,1-2H3,(H,10,11). The van der Waals surface area contributed by atoms with Gasteiger partial charge in [0.25, 0.3) is 0 Å². The number of pyridine rings is 1. The second-order valence-electron chi connectivity index (χ2n) is 3.08. The normalized spacial score (nSPS) is 10.3. The van der Waals surface area contributed by atoms with Crippen LogP contribution in [0.3, 0.4) is 0 Å². The van der Waals surface area contributed by atoms with E-state index in [0.717, 1.165) is 0 Å². The van der Waals surface area contributed by atoms with Gasteiger partial charge in [-0.3, -0.25) is 10.1 Å². The van der Waals surface area contributed by atoms with E-state index in [0.29, 0.717) is 0 Å². The molecule has 0 aromatic carbocycles. The molecule has 5 nitrogen and oxygen atoms in total. The first-order valence-corrected chi connectivity index (χ1v) is 4.45.